The van der Waals surface area contributed by atoms with Crippen molar-refractivity contribution in [2.45, 2.75) is 18.4 Å². The van der Waals surface area contributed by atoms with Crippen LogP contribution in [0.15, 0.2) is 30.7 Å². The van der Waals surface area contributed by atoms with Crippen molar-refractivity contribution in [1.29, 1.82) is 0 Å². The molecule has 1 amide bonds. The Morgan fingerprint density at radius 2 is 2.05 bits per heavy atom. The largest absolute Gasteiger partial charge is 0.461 e. The van der Waals surface area contributed by atoms with E-state index in [1.54, 1.807) is 18.5 Å². The first kappa shape index (κ1) is 13.4. The number of carbonyl (C=O) groups excluding carboxylic acids is 1. The zero-order chi connectivity index (χ0) is 14.9. The Labute approximate surface area is 118 Å². The summed E-state index contributed by atoms with van der Waals surface area (Å²) in [6, 6.07) is 2.62. The molecule has 21 heavy (non-hydrogen) atoms. The second-order valence-corrected chi connectivity index (χ2v) is 4.62. The fourth-order valence-electron chi connectivity index (χ4n) is 1.89. The van der Waals surface area contributed by atoms with Crippen LogP contribution >= 0.6 is 0 Å². The van der Waals surface area contributed by atoms with E-state index in [1.165, 1.54) is 5.48 Å². The predicted octanol–water partition coefficient (Wildman–Crippen LogP) is 1.20. The number of hydrogen-bond acceptors (Lipinski definition) is 6. The molecule has 2 N–H and O–H groups in total. The molecule has 0 atom stereocenters. The van der Waals surface area contributed by atoms with Gasteiger partial charge in [-0.1, -0.05) is 0 Å². The van der Waals surface area contributed by atoms with E-state index in [4.69, 9.17) is 9.94 Å². The SMILES string of the molecule is O=C(NO)c1cnc(OC2(c3ncccn3)CC2)c(F)c1. The van der Waals surface area contributed by atoms with Crippen molar-refractivity contribution in [2.75, 3.05) is 0 Å². The van der Waals surface area contributed by atoms with Crippen LogP contribution in [-0.4, -0.2) is 26.1 Å². The third-order valence-electron chi connectivity index (χ3n) is 3.14. The van der Waals surface area contributed by atoms with Gasteiger partial charge in [-0.25, -0.2) is 24.8 Å². The van der Waals surface area contributed by atoms with E-state index in [-0.39, 0.29) is 11.4 Å². The number of hydrogen-bond donors (Lipinski definition) is 2. The van der Waals surface area contributed by atoms with Crippen LogP contribution in [0.25, 0.3) is 0 Å². The van der Waals surface area contributed by atoms with Crippen molar-refractivity contribution < 1.29 is 19.1 Å². The van der Waals surface area contributed by atoms with Crippen LogP contribution in [0.1, 0.15) is 29.0 Å². The van der Waals surface area contributed by atoms with E-state index in [9.17, 15) is 9.18 Å². The average molecular weight is 290 g/mol. The Morgan fingerprint density at radius 3 is 2.62 bits per heavy atom. The minimum atomic E-state index is -0.847. The molecule has 0 radical (unpaired) electrons. The average Bonchev–Trinajstić information content (AvgIpc) is 3.30. The standard InChI is InChI=1S/C13H11FN4O3/c14-9-6-8(10(19)18-20)7-17-11(9)21-13(2-3-13)12-15-4-1-5-16-12/h1,4-7,20H,2-3H2,(H,18,19). The summed E-state index contributed by atoms with van der Waals surface area (Å²) in [4.78, 5) is 23.2. The normalized spacial score (nSPS) is 15.3. The molecular weight excluding hydrogens is 279 g/mol. The predicted molar refractivity (Wildman–Crippen MR) is 67.0 cm³/mol. The highest BCUT2D eigenvalue weighted by molar-refractivity contribution is 5.93. The zero-order valence-corrected chi connectivity index (χ0v) is 10.8. The zero-order valence-electron chi connectivity index (χ0n) is 10.8. The van der Waals surface area contributed by atoms with Crippen LogP contribution in [0.2, 0.25) is 0 Å². The summed E-state index contributed by atoms with van der Waals surface area (Å²) in [7, 11) is 0. The molecule has 8 heteroatoms. The number of ether oxygens (including phenoxy) is 1. The van der Waals surface area contributed by atoms with Crippen molar-refractivity contribution in [3.8, 4) is 5.88 Å². The van der Waals surface area contributed by atoms with Crippen LogP contribution in [0.5, 0.6) is 5.88 Å². The fourth-order valence-corrected chi connectivity index (χ4v) is 1.89. The second kappa shape index (κ2) is 5.06. The van der Waals surface area contributed by atoms with Crippen molar-refractivity contribution in [2.24, 2.45) is 0 Å². The van der Waals surface area contributed by atoms with Gasteiger partial charge < -0.3 is 4.74 Å². The third kappa shape index (κ3) is 2.52. The van der Waals surface area contributed by atoms with Crippen LogP contribution in [-0.2, 0) is 5.60 Å². The number of nitrogens with one attached hydrogen (secondary N) is 1. The molecule has 108 valence electrons. The van der Waals surface area contributed by atoms with Gasteiger partial charge in [0.15, 0.2) is 17.2 Å². The molecule has 0 aromatic carbocycles. The van der Waals surface area contributed by atoms with Crippen molar-refractivity contribution >= 4 is 5.91 Å². The Kier molecular flexibility index (Phi) is 3.22. The van der Waals surface area contributed by atoms with E-state index in [2.05, 4.69) is 15.0 Å². The first-order valence-corrected chi connectivity index (χ1v) is 6.21. The lowest BCUT2D eigenvalue weighted by molar-refractivity contribution is 0.0705. The van der Waals surface area contributed by atoms with Gasteiger partial charge in [-0.3, -0.25) is 10.0 Å². The topological polar surface area (TPSA) is 97.2 Å². The molecule has 0 aliphatic heterocycles. The number of halogens is 1. The van der Waals surface area contributed by atoms with E-state index in [0.717, 1.165) is 12.3 Å². The molecular formula is C13H11FN4O3. The lowest BCUT2D eigenvalue weighted by Gasteiger charge is -2.16. The third-order valence-corrected chi connectivity index (χ3v) is 3.14. The smallest absolute Gasteiger partial charge is 0.276 e. The number of carbonyl (C=O) groups is 1. The molecule has 1 aliphatic rings. The highest BCUT2D eigenvalue weighted by Gasteiger charge is 2.51. The van der Waals surface area contributed by atoms with Gasteiger partial charge in [-0.05, 0) is 25.0 Å². The van der Waals surface area contributed by atoms with E-state index in [1.807, 2.05) is 0 Å². The van der Waals surface area contributed by atoms with Gasteiger partial charge in [0.05, 0.1) is 5.56 Å². The van der Waals surface area contributed by atoms with Crippen LogP contribution in [0.4, 0.5) is 4.39 Å². The Bertz CT molecular complexity index is 676. The summed E-state index contributed by atoms with van der Waals surface area (Å²) in [6.45, 7) is 0. The summed E-state index contributed by atoms with van der Waals surface area (Å²) >= 11 is 0. The number of aromatic nitrogens is 3. The van der Waals surface area contributed by atoms with Crippen LogP contribution in [0.3, 0.4) is 0 Å². The van der Waals surface area contributed by atoms with Gasteiger partial charge >= 0.3 is 0 Å². The Hall–Kier alpha value is -2.61. The minimum absolute atomic E-state index is 0.108. The molecule has 2 heterocycles. The highest BCUT2D eigenvalue weighted by atomic mass is 19.1. The number of rotatable bonds is 4. The molecule has 3 rings (SSSR count). The molecule has 0 unspecified atom stereocenters. The maximum absolute atomic E-state index is 13.9. The Balaban J connectivity index is 1.84. The van der Waals surface area contributed by atoms with Crippen molar-refractivity contribution in [1.82, 2.24) is 20.4 Å². The van der Waals surface area contributed by atoms with Gasteiger partial charge in [-0.15, -0.1) is 0 Å². The minimum Gasteiger partial charge on any atom is -0.461 e. The molecule has 2 aromatic rings. The first-order chi connectivity index (χ1) is 10.1. The van der Waals surface area contributed by atoms with E-state index >= 15 is 0 Å². The quantitative estimate of drug-likeness (QED) is 0.648. The number of amides is 1. The lowest BCUT2D eigenvalue weighted by Crippen LogP contribution is -2.21. The van der Waals surface area contributed by atoms with Crippen LogP contribution < -0.4 is 10.2 Å². The number of pyridine rings is 1. The summed E-state index contributed by atoms with van der Waals surface area (Å²) < 4.78 is 19.5. The van der Waals surface area contributed by atoms with Gasteiger partial charge in [0.2, 0.25) is 0 Å². The number of nitrogens with zero attached hydrogens (tertiary/aromatic N) is 3. The van der Waals surface area contributed by atoms with Gasteiger partial charge in [0.25, 0.3) is 11.8 Å². The molecule has 2 aromatic heterocycles. The maximum Gasteiger partial charge on any atom is 0.276 e. The maximum atomic E-state index is 13.9. The molecule has 0 spiro atoms. The van der Waals surface area contributed by atoms with E-state index < -0.39 is 17.3 Å². The molecule has 0 saturated heterocycles. The molecule has 1 saturated carbocycles. The monoisotopic (exact) mass is 290 g/mol. The summed E-state index contributed by atoms with van der Waals surface area (Å²) in [5, 5.41) is 8.50. The van der Waals surface area contributed by atoms with E-state index in [0.29, 0.717) is 18.7 Å². The lowest BCUT2D eigenvalue weighted by atomic mass is 10.2. The molecule has 7 nitrogen and oxygen atoms in total. The molecule has 0 bridgehead atoms. The van der Waals surface area contributed by atoms with Gasteiger partial charge in [0, 0.05) is 18.6 Å². The molecule has 1 fully saturated rings. The molecule has 1 aliphatic carbocycles. The summed E-state index contributed by atoms with van der Waals surface area (Å²) in [6.07, 6.45) is 5.62. The van der Waals surface area contributed by atoms with Crippen molar-refractivity contribution in [3.63, 3.8) is 0 Å². The van der Waals surface area contributed by atoms with Crippen LogP contribution in [0, 0.1) is 5.82 Å². The van der Waals surface area contributed by atoms with Gasteiger partial charge in [0.1, 0.15) is 0 Å². The summed E-state index contributed by atoms with van der Waals surface area (Å²) in [5.41, 5.74) is 0.546. The highest BCUT2D eigenvalue weighted by Crippen LogP contribution is 2.47. The summed E-state index contributed by atoms with van der Waals surface area (Å²) in [5.74, 6) is -1.39. The fraction of sp³-hybridized carbons (Fsp3) is 0.231. The second-order valence-electron chi connectivity index (χ2n) is 4.62. The van der Waals surface area contributed by atoms with Gasteiger partial charge in [-0.2, -0.15) is 0 Å². The van der Waals surface area contributed by atoms with Crippen molar-refractivity contribution in [3.05, 3.63) is 47.9 Å². The first-order valence-electron chi connectivity index (χ1n) is 6.21. The number of hydroxylamine groups is 1. The Morgan fingerprint density at radius 1 is 1.33 bits per heavy atom.